The van der Waals surface area contributed by atoms with Crippen molar-refractivity contribution in [2.24, 2.45) is 0 Å². The molecule has 2 rings (SSSR count). The van der Waals surface area contributed by atoms with Crippen LogP contribution in [0.15, 0.2) is 12.1 Å². The van der Waals surface area contributed by atoms with Crippen LogP contribution in [0.1, 0.15) is 50.7 Å². The van der Waals surface area contributed by atoms with Gasteiger partial charge in [0, 0.05) is 5.41 Å². The highest BCUT2D eigenvalue weighted by Gasteiger charge is 2.28. The van der Waals surface area contributed by atoms with Gasteiger partial charge in [-0.2, -0.15) is 0 Å². The standard InChI is InChI=1S/C16H22N2O2/c1-9-7-12-13(8-10(9)2)18(11(3)14(19)20)15(17-12)16(4,5)6/h7-8,11H,1-6H3,(H,19,20). The van der Waals surface area contributed by atoms with E-state index in [1.54, 1.807) is 6.92 Å². The number of hydrogen-bond acceptors (Lipinski definition) is 2. The Balaban J connectivity index is 2.85. The summed E-state index contributed by atoms with van der Waals surface area (Å²) in [6, 6.07) is 3.44. The molecule has 1 aromatic carbocycles. The second kappa shape index (κ2) is 4.62. The van der Waals surface area contributed by atoms with Gasteiger partial charge in [-0.3, -0.25) is 0 Å². The van der Waals surface area contributed by atoms with Crippen molar-refractivity contribution >= 4 is 17.0 Å². The fourth-order valence-corrected chi connectivity index (χ4v) is 2.38. The third kappa shape index (κ3) is 2.30. The van der Waals surface area contributed by atoms with Gasteiger partial charge in [0.1, 0.15) is 11.9 Å². The molecule has 4 nitrogen and oxygen atoms in total. The summed E-state index contributed by atoms with van der Waals surface area (Å²) in [4.78, 5) is 16.1. The van der Waals surface area contributed by atoms with E-state index in [2.05, 4.69) is 25.8 Å². The van der Waals surface area contributed by atoms with Crippen LogP contribution in [0.4, 0.5) is 0 Å². The average Bonchev–Trinajstić information content (AvgIpc) is 2.67. The molecule has 1 N–H and O–H groups in total. The molecule has 1 unspecified atom stereocenters. The maximum absolute atomic E-state index is 11.4. The van der Waals surface area contributed by atoms with E-state index in [1.807, 2.05) is 30.5 Å². The highest BCUT2D eigenvalue weighted by molar-refractivity contribution is 5.82. The average molecular weight is 274 g/mol. The van der Waals surface area contributed by atoms with Gasteiger partial charge in [-0.25, -0.2) is 9.78 Å². The number of hydrogen-bond donors (Lipinski definition) is 1. The van der Waals surface area contributed by atoms with Gasteiger partial charge in [0.15, 0.2) is 0 Å². The molecular weight excluding hydrogens is 252 g/mol. The largest absolute Gasteiger partial charge is 0.480 e. The highest BCUT2D eigenvalue weighted by Crippen LogP contribution is 2.31. The Hall–Kier alpha value is -1.84. The molecule has 0 saturated heterocycles. The second-order valence-corrected chi connectivity index (χ2v) is 6.49. The molecule has 0 radical (unpaired) electrons. The highest BCUT2D eigenvalue weighted by atomic mass is 16.4. The number of nitrogens with zero attached hydrogens (tertiary/aromatic N) is 2. The molecule has 0 bridgehead atoms. The zero-order valence-electron chi connectivity index (χ0n) is 13.0. The van der Waals surface area contributed by atoms with E-state index in [9.17, 15) is 9.90 Å². The van der Waals surface area contributed by atoms with E-state index in [0.717, 1.165) is 22.4 Å². The minimum absolute atomic E-state index is 0.204. The number of aryl methyl sites for hydroxylation is 2. The smallest absolute Gasteiger partial charge is 0.326 e. The number of imidazole rings is 1. The zero-order valence-corrected chi connectivity index (χ0v) is 13.0. The molecule has 1 atom stereocenters. The van der Waals surface area contributed by atoms with Crippen LogP contribution in [0.3, 0.4) is 0 Å². The first-order valence-corrected chi connectivity index (χ1v) is 6.85. The Morgan fingerprint density at radius 1 is 1.25 bits per heavy atom. The molecule has 20 heavy (non-hydrogen) atoms. The molecule has 0 amide bonds. The predicted octanol–water partition coefficient (Wildman–Crippen LogP) is 3.60. The Morgan fingerprint density at radius 3 is 2.30 bits per heavy atom. The van der Waals surface area contributed by atoms with Gasteiger partial charge in [-0.05, 0) is 44.0 Å². The van der Waals surface area contributed by atoms with Crippen molar-refractivity contribution in [2.75, 3.05) is 0 Å². The summed E-state index contributed by atoms with van der Waals surface area (Å²) in [7, 11) is 0. The summed E-state index contributed by atoms with van der Waals surface area (Å²) in [5, 5.41) is 9.38. The molecule has 1 heterocycles. The quantitative estimate of drug-likeness (QED) is 0.910. The van der Waals surface area contributed by atoms with Gasteiger partial charge in [-0.1, -0.05) is 20.8 Å². The number of fused-ring (bicyclic) bond motifs is 1. The number of carboxylic acids is 1. The van der Waals surface area contributed by atoms with Gasteiger partial charge in [0.25, 0.3) is 0 Å². The lowest BCUT2D eigenvalue weighted by Gasteiger charge is -2.22. The van der Waals surface area contributed by atoms with E-state index < -0.39 is 12.0 Å². The number of rotatable bonds is 2. The Kier molecular flexibility index (Phi) is 3.36. The number of benzene rings is 1. The first kappa shape index (κ1) is 14.6. The van der Waals surface area contributed by atoms with Crippen molar-refractivity contribution in [1.29, 1.82) is 0 Å². The van der Waals surface area contributed by atoms with E-state index in [1.165, 1.54) is 5.56 Å². The maximum atomic E-state index is 11.4. The molecular formula is C16H22N2O2. The van der Waals surface area contributed by atoms with Gasteiger partial charge in [0.2, 0.25) is 0 Å². The van der Waals surface area contributed by atoms with Crippen LogP contribution in [0.25, 0.3) is 11.0 Å². The summed E-state index contributed by atoms with van der Waals surface area (Å²) in [6.45, 7) is 11.9. The van der Waals surface area contributed by atoms with Crippen LogP contribution in [-0.2, 0) is 10.2 Å². The van der Waals surface area contributed by atoms with Crippen molar-refractivity contribution in [3.05, 3.63) is 29.1 Å². The minimum atomic E-state index is -0.840. The lowest BCUT2D eigenvalue weighted by molar-refractivity contribution is -0.140. The van der Waals surface area contributed by atoms with Crippen molar-refractivity contribution in [1.82, 2.24) is 9.55 Å². The Bertz CT molecular complexity index is 678. The van der Waals surface area contributed by atoms with E-state index in [0.29, 0.717) is 0 Å². The normalized spacial score (nSPS) is 13.7. The molecule has 0 spiro atoms. The Labute approximate surface area is 119 Å². The third-order valence-electron chi connectivity index (χ3n) is 3.72. The second-order valence-electron chi connectivity index (χ2n) is 6.49. The summed E-state index contributed by atoms with van der Waals surface area (Å²) in [5.74, 6) is -0.0274. The first-order chi connectivity index (χ1) is 9.12. The van der Waals surface area contributed by atoms with E-state index in [4.69, 9.17) is 0 Å². The topological polar surface area (TPSA) is 55.1 Å². The molecule has 108 valence electrons. The van der Waals surface area contributed by atoms with Crippen molar-refractivity contribution in [3.63, 3.8) is 0 Å². The van der Waals surface area contributed by atoms with Gasteiger partial charge >= 0.3 is 5.97 Å². The first-order valence-electron chi connectivity index (χ1n) is 6.85. The summed E-state index contributed by atoms with van der Waals surface area (Å²) >= 11 is 0. The van der Waals surface area contributed by atoms with Crippen LogP contribution in [0.5, 0.6) is 0 Å². The molecule has 0 aliphatic carbocycles. The van der Waals surface area contributed by atoms with Gasteiger partial charge < -0.3 is 9.67 Å². The number of carbonyl (C=O) groups is 1. The molecule has 0 saturated carbocycles. The Morgan fingerprint density at radius 2 is 1.80 bits per heavy atom. The number of carboxylic acid groups (broad SMARTS) is 1. The molecule has 0 aliphatic heterocycles. The SMILES string of the molecule is Cc1cc2nc(C(C)(C)C)n(C(C)C(=O)O)c2cc1C. The summed E-state index contributed by atoms with van der Waals surface area (Å²) in [5.41, 5.74) is 3.88. The molecule has 2 aromatic rings. The van der Waals surface area contributed by atoms with Gasteiger partial charge in [-0.15, -0.1) is 0 Å². The van der Waals surface area contributed by atoms with Crippen molar-refractivity contribution in [3.8, 4) is 0 Å². The van der Waals surface area contributed by atoms with E-state index in [-0.39, 0.29) is 5.41 Å². The molecule has 0 fully saturated rings. The van der Waals surface area contributed by atoms with E-state index >= 15 is 0 Å². The summed E-state index contributed by atoms with van der Waals surface area (Å²) in [6.07, 6.45) is 0. The lowest BCUT2D eigenvalue weighted by atomic mass is 9.95. The van der Waals surface area contributed by atoms with Crippen molar-refractivity contribution in [2.45, 2.75) is 53.0 Å². The monoisotopic (exact) mass is 274 g/mol. The lowest BCUT2D eigenvalue weighted by Crippen LogP contribution is -2.24. The van der Waals surface area contributed by atoms with Crippen LogP contribution < -0.4 is 0 Å². The van der Waals surface area contributed by atoms with Crippen LogP contribution >= 0.6 is 0 Å². The maximum Gasteiger partial charge on any atom is 0.326 e. The van der Waals surface area contributed by atoms with Crippen LogP contribution in [0, 0.1) is 13.8 Å². The fraction of sp³-hybridized carbons (Fsp3) is 0.500. The molecule has 4 heteroatoms. The molecule has 1 aromatic heterocycles. The summed E-state index contributed by atoms with van der Waals surface area (Å²) < 4.78 is 1.85. The van der Waals surface area contributed by atoms with Crippen LogP contribution in [0.2, 0.25) is 0 Å². The zero-order chi connectivity index (χ0) is 15.2. The van der Waals surface area contributed by atoms with Crippen LogP contribution in [-0.4, -0.2) is 20.6 Å². The number of aromatic nitrogens is 2. The number of aliphatic carboxylic acids is 1. The van der Waals surface area contributed by atoms with Gasteiger partial charge in [0.05, 0.1) is 11.0 Å². The minimum Gasteiger partial charge on any atom is -0.480 e. The third-order valence-corrected chi connectivity index (χ3v) is 3.72. The van der Waals surface area contributed by atoms with Crippen molar-refractivity contribution < 1.29 is 9.90 Å². The predicted molar refractivity (Wildman–Crippen MR) is 80.3 cm³/mol. The molecule has 0 aliphatic rings. The fourth-order valence-electron chi connectivity index (χ4n) is 2.38.